The molecule has 0 bridgehead atoms. The number of benzene rings is 1. The Morgan fingerprint density at radius 2 is 2.24 bits per heavy atom. The van der Waals surface area contributed by atoms with Crippen LogP contribution in [0.1, 0.15) is 12.5 Å². The van der Waals surface area contributed by atoms with Crippen LogP contribution in [0.3, 0.4) is 0 Å². The number of hydrogen-bond donors (Lipinski definition) is 1. The molecule has 0 aliphatic rings. The number of nitrogens with one attached hydrogen (secondary N) is 1. The van der Waals surface area contributed by atoms with Crippen molar-refractivity contribution in [2.75, 3.05) is 6.54 Å². The van der Waals surface area contributed by atoms with Crippen molar-refractivity contribution in [3.63, 3.8) is 0 Å². The standard InChI is InChI=1S/C13H16BrN3/c1-3-15-8-11-9-17(2)16-13(11)10-5-4-6-12(14)7-10/h4-7,9,15H,3,8H2,1-2H3. The van der Waals surface area contributed by atoms with Crippen LogP contribution in [0.4, 0.5) is 0 Å². The van der Waals surface area contributed by atoms with Crippen molar-refractivity contribution in [1.82, 2.24) is 15.1 Å². The van der Waals surface area contributed by atoms with Crippen molar-refractivity contribution < 1.29 is 0 Å². The molecule has 0 saturated carbocycles. The van der Waals surface area contributed by atoms with Gasteiger partial charge in [0.05, 0.1) is 5.69 Å². The van der Waals surface area contributed by atoms with E-state index < -0.39 is 0 Å². The molecule has 0 aliphatic heterocycles. The van der Waals surface area contributed by atoms with E-state index in [1.807, 2.05) is 23.9 Å². The summed E-state index contributed by atoms with van der Waals surface area (Å²) >= 11 is 3.49. The number of aryl methyl sites for hydroxylation is 1. The molecule has 0 amide bonds. The van der Waals surface area contributed by atoms with E-state index in [0.29, 0.717) is 0 Å². The van der Waals surface area contributed by atoms with Gasteiger partial charge in [0.15, 0.2) is 0 Å². The van der Waals surface area contributed by atoms with Crippen LogP contribution in [0.5, 0.6) is 0 Å². The molecule has 0 saturated heterocycles. The molecule has 1 heterocycles. The summed E-state index contributed by atoms with van der Waals surface area (Å²) in [4.78, 5) is 0. The third kappa shape index (κ3) is 2.96. The SMILES string of the molecule is CCNCc1cn(C)nc1-c1cccc(Br)c1. The first kappa shape index (κ1) is 12.3. The van der Waals surface area contributed by atoms with Gasteiger partial charge in [0, 0.05) is 35.4 Å². The van der Waals surface area contributed by atoms with E-state index in [1.165, 1.54) is 5.56 Å². The van der Waals surface area contributed by atoms with E-state index in [9.17, 15) is 0 Å². The Kier molecular flexibility index (Phi) is 3.97. The fraction of sp³-hybridized carbons (Fsp3) is 0.308. The van der Waals surface area contributed by atoms with Gasteiger partial charge in [-0.15, -0.1) is 0 Å². The molecule has 90 valence electrons. The van der Waals surface area contributed by atoms with E-state index in [2.05, 4.69) is 51.6 Å². The average molecular weight is 294 g/mol. The molecule has 4 heteroatoms. The van der Waals surface area contributed by atoms with Crippen molar-refractivity contribution in [2.45, 2.75) is 13.5 Å². The minimum absolute atomic E-state index is 0.853. The fourth-order valence-electron chi connectivity index (χ4n) is 1.81. The summed E-state index contributed by atoms with van der Waals surface area (Å²) in [5.41, 5.74) is 3.43. The maximum atomic E-state index is 4.53. The molecule has 3 nitrogen and oxygen atoms in total. The van der Waals surface area contributed by atoms with E-state index in [4.69, 9.17) is 0 Å². The quantitative estimate of drug-likeness (QED) is 0.939. The Labute approximate surface area is 110 Å². The topological polar surface area (TPSA) is 29.9 Å². The highest BCUT2D eigenvalue weighted by atomic mass is 79.9. The molecule has 0 aliphatic carbocycles. The van der Waals surface area contributed by atoms with Crippen molar-refractivity contribution in [3.8, 4) is 11.3 Å². The van der Waals surface area contributed by atoms with Crippen LogP contribution in [0.15, 0.2) is 34.9 Å². The molecule has 0 atom stereocenters. The van der Waals surface area contributed by atoms with Gasteiger partial charge in [-0.25, -0.2) is 0 Å². The number of hydrogen-bond acceptors (Lipinski definition) is 2. The van der Waals surface area contributed by atoms with Gasteiger partial charge in [-0.1, -0.05) is 35.0 Å². The Hall–Kier alpha value is -1.13. The summed E-state index contributed by atoms with van der Waals surface area (Å²) in [6, 6.07) is 8.24. The monoisotopic (exact) mass is 293 g/mol. The zero-order valence-electron chi connectivity index (χ0n) is 10.1. The molecule has 1 aromatic heterocycles. The molecule has 0 unspecified atom stereocenters. The van der Waals surface area contributed by atoms with Crippen LogP contribution in [0, 0.1) is 0 Å². The van der Waals surface area contributed by atoms with Gasteiger partial charge in [0.25, 0.3) is 0 Å². The summed E-state index contributed by atoms with van der Waals surface area (Å²) < 4.78 is 2.94. The Morgan fingerprint density at radius 3 is 2.94 bits per heavy atom. The largest absolute Gasteiger partial charge is 0.313 e. The third-order valence-electron chi connectivity index (χ3n) is 2.57. The molecule has 0 radical (unpaired) electrons. The molecule has 1 aromatic carbocycles. The molecule has 2 aromatic rings. The van der Waals surface area contributed by atoms with Gasteiger partial charge < -0.3 is 5.32 Å². The lowest BCUT2D eigenvalue weighted by Crippen LogP contribution is -2.11. The summed E-state index contributed by atoms with van der Waals surface area (Å²) in [6.45, 7) is 3.92. The van der Waals surface area contributed by atoms with Crippen LogP contribution < -0.4 is 5.32 Å². The first-order valence-electron chi connectivity index (χ1n) is 5.70. The number of aromatic nitrogens is 2. The predicted octanol–water partition coefficient (Wildman–Crippen LogP) is 2.96. The van der Waals surface area contributed by atoms with Gasteiger partial charge in [0.2, 0.25) is 0 Å². The number of rotatable bonds is 4. The lowest BCUT2D eigenvalue weighted by molar-refractivity contribution is 0.724. The normalized spacial score (nSPS) is 10.8. The Morgan fingerprint density at radius 1 is 1.41 bits per heavy atom. The maximum absolute atomic E-state index is 4.53. The van der Waals surface area contributed by atoms with Crippen molar-refractivity contribution >= 4 is 15.9 Å². The number of halogens is 1. The first-order chi connectivity index (χ1) is 8.20. The minimum atomic E-state index is 0.853. The zero-order chi connectivity index (χ0) is 12.3. The molecular weight excluding hydrogens is 278 g/mol. The fourth-order valence-corrected chi connectivity index (χ4v) is 2.20. The highest BCUT2D eigenvalue weighted by Gasteiger charge is 2.09. The van der Waals surface area contributed by atoms with Crippen molar-refractivity contribution in [2.24, 2.45) is 7.05 Å². The van der Waals surface area contributed by atoms with Crippen molar-refractivity contribution in [1.29, 1.82) is 0 Å². The zero-order valence-corrected chi connectivity index (χ0v) is 11.7. The second-order valence-corrected chi connectivity index (χ2v) is 4.88. The summed E-state index contributed by atoms with van der Waals surface area (Å²) in [7, 11) is 1.96. The van der Waals surface area contributed by atoms with Crippen LogP contribution in [-0.4, -0.2) is 16.3 Å². The Bertz CT molecular complexity index is 505. The smallest absolute Gasteiger partial charge is 0.0968 e. The summed E-state index contributed by atoms with van der Waals surface area (Å²) in [5, 5.41) is 7.87. The summed E-state index contributed by atoms with van der Waals surface area (Å²) in [5.74, 6) is 0. The molecule has 0 spiro atoms. The molecule has 2 rings (SSSR count). The lowest BCUT2D eigenvalue weighted by atomic mass is 10.1. The van der Waals surface area contributed by atoms with Gasteiger partial charge >= 0.3 is 0 Å². The predicted molar refractivity (Wildman–Crippen MR) is 73.7 cm³/mol. The van der Waals surface area contributed by atoms with Crippen LogP contribution in [0.25, 0.3) is 11.3 Å². The molecule has 17 heavy (non-hydrogen) atoms. The minimum Gasteiger partial charge on any atom is -0.313 e. The maximum Gasteiger partial charge on any atom is 0.0968 e. The van der Waals surface area contributed by atoms with Gasteiger partial charge in [0.1, 0.15) is 0 Å². The van der Waals surface area contributed by atoms with Crippen LogP contribution in [-0.2, 0) is 13.6 Å². The number of nitrogens with zero attached hydrogens (tertiary/aromatic N) is 2. The lowest BCUT2D eigenvalue weighted by Gasteiger charge is -2.03. The third-order valence-corrected chi connectivity index (χ3v) is 3.06. The molecule has 1 N–H and O–H groups in total. The second kappa shape index (κ2) is 5.47. The van der Waals surface area contributed by atoms with Crippen LogP contribution in [0.2, 0.25) is 0 Å². The first-order valence-corrected chi connectivity index (χ1v) is 6.49. The van der Waals surface area contributed by atoms with Gasteiger partial charge in [-0.05, 0) is 18.7 Å². The highest BCUT2D eigenvalue weighted by Crippen LogP contribution is 2.24. The van der Waals surface area contributed by atoms with E-state index in [-0.39, 0.29) is 0 Å². The molecular formula is C13H16BrN3. The van der Waals surface area contributed by atoms with E-state index in [1.54, 1.807) is 0 Å². The average Bonchev–Trinajstić information content (AvgIpc) is 2.68. The molecule has 0 fully saturated rings. The second-order valence-electron chi connectivity index (χ2n) is 3.97. The van der Waals surface area contributed by atoms with E-state index in [0.717, 1.165) is 28.8 Å². The van der Waals surface area contributed by atoms with Crippen molar-refractivity contribution in [3.05, 3.63) is 40.5 Å². The van der Waals surface area contributed by atoms with Gasteiger partial charge in [-0.3, -0.25) is 4.68 Å². The highest BCUT2D eigenvalue weighted by molar-refractivity contribution is 9.10. The van der Waals surface area contributed by atoms with Crippen LogP contribution >= 0.6 is 15.9 Å². The van der Waals surface area contributed by atoms with E-state index >= 15 is 0 Å². The van der Waals surface area contributed by atoms with Gasteiger partial charge in [-0.2, -0.15) is 5.10 Å². The summed E-state index contributed by atoms with van der Waals surface area (Å²) in [6.07, 6.45) is 2.07. The Balaban J connectivity index is 2.37.